The number of hydrogen-bond donors (Lipinski definition) is 2. The third kappa shape index (κ3) is 4.72. The monoisotopic (exact) mass is 401 g/mol. The molecular weight excluding hydrogens is 378 g/mol. The molecule has 8 nitrogen and oxygen atoms in total. The summed E-state index contributed by atoms with van der Waals surface area (Å²) in [5.41, 5.74) is 5.99. The molecule has 3 N–H and O–H groups in total. The molecule has 2 amide bonds. The lowest BCUT2D eigenvalue weighted by Crippen LogP contribution is -2.28. The predicted molar refractivity (Wildman–Crippen MR) is 107 cm³/mol. The number of amides is 2. The van der Waals surface area contributed by atoms with Gasteiger partial charge in [0.05, 0.1) is 11.8 Å². The maximum atomic E-state index is 12.3. The van der Waals surface area contributed by atoms with Gasteiger partial charge in [-0.05, 0) is 26.0 Å². The van der Waals surface area contributed by atoms with Crippen molar-refractivity contribution in [2.45, 2.75) is 44.4 Å². The van der Waals surface area contributed by atoms with E-state index in [4.69, 9.17) is 10.2 Å². The summed E-state index contributed by atoms with van der Waals surface area (Å²) in [6, 6.07) is 9.43. The average molecular weight is 401 g/mol. The highest BCUT2D eigenvalue weighted by Crippen LogP contribution is 2.24. The summed E-state index contributed by atoms with van der Waals surface area (Å²) < 4.78 is 7.69. The van der Waals surface area contributed by atoms with Crippen molar-refractivity contribution < 1.29 is 14.0 Å². The van der Waals surface area contributed by atoms with Crippen LogP contribution in [0.5, 0.6) is 0 Å². The van der Waals surface area contributed by atoms with Crippen molar-refractivity contribution in [1.29, 1.82) is 0 Å². The van der Waals surface area contributed by atoms with Gasteiger partial charge in [-0.3, -0.25) is 9.59 Å². The maximum absolute atomic E-state index is 12.3. The number of para-hydroxylation sites is 1. The fourth-order valence-electron chi connectivity index (χ4n) is 2.86. The van der Waals surface area contributed by atoms with Crippen LogP contribution in [-0.2, 0) is 22.6 Å². The van der Waals surface area contributed by atoms with E-state index in [9.17, 15) is 9.59 Å². The first-order chi connectivity index (χ1) is 13.5. The minimum absolute atomic E-state index is 0.123. The Hall–Kier alpha value is -2.81. The fourth-order valence-corrected chi connectivity index (χ4v) is 3.70. The number of carbonyl (C=O) groups excluding carboxylic acids is 2. The van der Waals surface area contributed by atoms with E-state index in [1.54, 1.807) is 0 Å². The summed E-state index contributed by atoms with van der Waals surface area (Å²) in [6.45, 7) is 4.50. The van der Waals surface area contributed by atoms with Crippen LogP contribution in [-0.4, -0.2) is 32.3 Å². The van der Waals surface area contributed by atoms with E-state index in [-0.39, 0.29) is 30.0 Å². The number of hydrogen-bond acceptors (Lipinski definition) is 6. The summed E-state index contributed by atoms with van der Waals surface area (Å²) in [6.07, 6.45) is 0.657. The Balaban J connectivity index is 1.57. The number of fused-ring (bicyclic) bond motifs is 1. The molecule has 0 spiro atoms. The smallest absolute Gasteiger partial charge is 0.231 e. The maximum Gasteiger partial charge on any atom is 0.231 e. The van der Waals surface area contributed by atoms with E-state index in [0.717, 1.165) is 11.0 Å². The van der Waals surface area contributed by atoms with Crippen LogP contribution in [0.4, 0.5) is 0 Å². The first-order valence-electron chi connectivity index (χ1n) is 9.09. The molecule has 0 fully saturated rings. The molecule has 2 aromatic heterocycles. The van der Waals surface area contributed by atoms with Gasteiger partial charge < -0.3 is 20.0 Å². The van der Waals surface area contributed by atoms with Crippen molar-refractivity contribution in [1.82, 2.24) is 20.1 Å². The van der Waals surface area contributed by atoms with Crippen molar-refractivity contribution in [3.8, 4) is 0 Å². The second kappa shape index (κ2) is 8.92. The molecule has 0 radical (unpaired) electrons. The molecule has 148 valence electrons. The van der Waals surface area contributed by atoms with E-state index in [0.29, 0.717) is 29.7 Å². The van der Waals surface area contributed by atoms with Crippen LogP contribution in [0, 0.1) is 0 Å². The van der Waals surface area contributed by atoms with Crippen molar-refractivity contribution in [2.24, 2.45) is 5.73 Å². The Bertz CT molecular complexity index is 948. The second-order valence-electron chi connectivity index (χ2n) is 6.37. The van der Waals surface area contributed by atoms with Gasteiger partial charge in [-0.25, -0.2) is 0 Å². The van der Waals surface area contributed by atoms with Crippen LogP contribution in [0.1, 0.15) is 37.9 Å². The van der Waals surface area contributed by atoms with E-state index < -0.39 is 0 Å². The Morgan fingerprint density at radius 2 is 2.11 bits per heavy atom. The van der Waals surface area contributed by atoms with Crippen LogP contribution in [0.25, 0.3) is 11.0 Å². The highest BCUT2D eigenvalue weighted by Gasteiger charge is 2.17. The third-order valence-electron chi connectivity index (χ3n) is 4.29. The van der Waals surface area contributed by atoms with Gasteiger partial charge in [0.1, 0.15) is 17.2 Å². The van der Waals surface area contributed by atoms with Crippen LogP contribution >= 0.6 is 11.8 Å². The van der Waals surface area contributed by atoms with Gasteiger partial charge in [-0.2, -0.15) is 0 Å². The van der Waals surface area contributed by atoms with E-state index >= 15 is 0 Å². The molecule has 3 aromatic rings. The number of primary amides is 1. The molecule has 1 atom stereocenters. The van der Waals surface area contributed by atoms with Gasteiger partial charge in [0.25, 0.3) is 0 Å². The highest BCUT2D eigenvalue weighted by molar-refractivity contribution is 7.99. The van der Waals surface area contributed by atoms with Gasteiger partial charge in [-0.15, -0.1) is 10.2 Å². The summed E-state index contributed by atoms with van der Waals surface area (Å²) in [5, 5.41) is 12.8. The summed E-state index contributed by atoms with van der Waals surface area (Å²) in [7, 11) is 0. The predicted octanol–water partition coefficient (Wildman–Crippen LogP) is 2.43. The zero-order valence-electron chi connectivity index (χ0n) is 15.8. The average Bonchev–Trinajstić information content (AvgIpc) is 3.28. The molecule has 28 heavy (non-hydrogen) atoms. The quantitative estimate of drug-likeness (QED) is 0.532. The molecule has 0 aliphatic rings. The number of carbonyl (C=O) groups is 2. The molecule has 0 saturated carbocycles. The number of nitrogens with two attached hydrogens (primary N) is 1. The first kappa shape index (κ1) is 19.9. The van der Waals surface area contributed by atoms with Gasteiger partial charge in [0.2, 0.25) is 11.8 Å². The molecule has 0 aliphatic carbocycles. The number of rotatable bonds is 9. The van der Waals surface area contributed by atoms with E-state index in [2.05, 4.69) is 15.5 Å². The van der Waals surface area contributed by atoms with E-state index in [1.807, 2.05) is 48.7 Å². The van der Waals surface area contributed by atoms with Crippen molar-refractivity contribution in [3.05, 3.63) is 41.9 Å². The molecule has 3 rings (SSSR count). The van der Waals surface area contributed by atoms with E-state index in [1.165, 1.54) is 11.8 Å². The Labute approximate surface area is 166 Å². The van der Waals surface area contributed by atoms with Crippen LogP contribution in [0.2, 0.25) is 0 Å². The lowest BCUT2D eigenvalue weighted by atomic mass is 10.2. The number of aryl methyl sites for hydroxylation is 1. The molecule has 9 heteroatoms. The fraction of sp³-hybridized carbons (Fsp3) is 0.368. The summed E-state index contributed by atoms with van der Waals surface area (Å²) in [4.78, 5) is 23.3. The normalized spacial score (nSPS) is 12.2. The molecule has 0 unspecified atom stereocenters. The Morgan fingerprint density at radius 3 is 2.82 bits per heavy atom. The number of thioether (sulfide) groups is 1. The van der Waals surface area contributed by atoms with Crippen LogP contribution in [0.3, 0.4) is 0 Å². The molecule has 2 heterocycles. The van der Waals surface area contributed by atoms with Gasteiger partial charge >= 0.3 is 0 Å². The van der Waals surface area contributed by atoms with Crippen molar-refractivity contribution in [3.63, 3.8) is 0 Å². The van der Waals surface area contributed by atoms with Gasteiger partial charge in [0, 0.05) is 24.8 Å². The second-order valence-corrected chi connectivity index (χ2v) is 7.32. The zero-order chi connectivity index (χ0) is 20.1. The van der Waals surface area contributed by atoms with Gasteiger partial charge in [-0.1, -0.05) is 30.0 Å². The standard InChI is InChI=1S/C19H23N5O3S/c1-3-24-17(9-8-16(20)25)22-23-19(24)28-11-18(26)21-12(2)15-10-13-6-4-5-7-14(13)27-15/h4-7,10,12H,3,8-9,11H2,1-2H3,(H2,20,25)(H,21,26)/t12-/m0/s1. The zero-order valence-corrected chi connectivity index (χ0v) is 16.7. The Morgan fingerprint density at radius 1 is 1.32 bits per heavy atom. The van der Waals surface area contributed by atoms with Crippen LogP contribution < -0.4 is 11.1 Å². The van der Waals surface area contributed by atoms with Crippen LogP contribution in [0.15, 0.2) is 39.9 Å². The van der Waals surface area contributed by atoms with Crippen molar-refractivity contribution in [2.75, 3.05) is 5.75 Å². The molecule has 1 aromatic carbocycles. The molecular formula is C19H23N5O3S. The van der Waals surface area contributed by atoms with Gasteiger partial charge in [0.15, 0.2) is 5.16 Å². The lowest BCUT2D eigenvalue weighted by Gasteiger charge is -2.11. The number of benzene rings is 1. The highest BCUT2D eigenvalue weighted by atomic mass is 32.2. The molecule has 0 saturated heterocycles. The molecule has 0 aliphatic heterocycles. The first-order valence-corrected chi connectivity index (χ1v) is 10.1. The minimum Gasteiger partial charge on any atom is -0.459 e. The number of nitrogens with one attached hydrogen (secondary N) is 1. The summed E-state index contributed by atoms with van der Waals surface area (Å²) in [5.74, 6) is 1.12. The largest absolute Gasteiger partial charge is 0.459 e. The minimum atomic E-state index is -0.376. The number of nitrogens with zero attached hydrogens (tertiary/aromatic N) is 3. The summed E-state index contributed by atoms with van der Waals surface area (Å²) >= 11 is 1.31. The van der Waals surface area contributed by atoms with Crippen molar-refractivity contribution >= 4 is 34.5 Å². The Kier molecular flexibility index (Phi) is 6.35. The topological polar surface area (TPSA) is 116 Å². The number of aromatic nitrogens is 3. The SMILES string of the molecule is CCn1c(CCC(N)=O)nnc1SCC(=O)N[C@@H](C)c1cc2ccccc2o1. The number of furan rings is 1. The third-order valence-corrected chi connectivity index (χ3v) is 5.25. The molecule has 0 bridgehead atoms. The lowest BCUT2D eigenvalue weighted by molar-refractivity contribution is -0.119.